The number of nitrogens with zero attached hydrogens (tertiary/aromatic N) is 2. The monoisotopic (exact) mass is 494 g/mol. The van der Waals surface area contributed by atoms with Crippen LogP contribution in [0.3, 0.4) is 0 Å². The van der Waals surface area contributed by atoms with E-state index in [2.05, 4.69) is 15.6 Å². The van der Waals surface area contributed by atoms with Crippen LogP contribution in [0.4, 0.5) is 0 Å². The zero-order valence-electron chi connectivity index (χ0n) is 18.1. The highest BCUT2D eigenvalue weighted by atomic mass is 35.5. The van der Waals surface area contributed by atoms with Gasteiger partial charge in [0.15, 0.2) is 5.78 Å². The first-order chi connectivity index (χ1) is 16.4. The molecule has 34 heavy (non-hydrogen) atoms. The number of carbonyl (C=O) groups excluding carboxylic acids is 3. The Bertz CT molecular complexity index is 1400. The molecule has 0 atom stereocenters. The van der Waals surface area contributed by atoms with Crippen LogP contribution >= 0.6 is 23.2 Å². The first kappa shape index (κ1) is 23.5. The number of carbonyl (C=O) groups is 3. The van der Waals surface area contributed by atoms with Crippen LogP contribution in [-0.4, -0.2) is 40.6 Å². The Morgan fingerprint density at radius 1 is 0.971 bits per heavy atom. The van der Waals surface area contributed by atoms with Crippen LogP contribution in [0.5, 0.6) is 0 Å². The van der Waals surface area contributed by atoms with Gasteiger partial charge in [-0.2, -0.15) is 0 Å². The molecule has 172 valence electrons. The van der Waals surface area contributed by atoms with Crippen LogP contribution in [0.1, 0.15) is 26.4 Å². The van der Waals surface area contributed by atoms with Gasteiger partial charge in [-0.15, -0.1) is 0 Å². The van der Waals surface area contributed by atoms with Gasteiger partial charge in [0.05, 0.1) is 17.1 Å². The highest BCUT2D eigenvalue weighted by Crippen LogP contribution is 2.26. The molecule has 0 aliphatic rings. The first-order valence-electron chi connectivity index (χ1n) is 10.4. The molecule has 0 fully saturated rings. The quantitative estimate of drug-likeness (QED) is 0.402. The number of ketones is 1. The van der Waals surface area contributed by atoms with Gasteiger partial charge in [0, 0.05) is 30.3 Å². The third kappa shape index (κ3) is 4.95. The first-order valence-corrected chi connectivity index (χ1v) is 11.2. The van der Waals surface area contributed by atoms with E-state index in [4.69, 9.17) is 23.2 Å². The van der Waals surface area contributed by atoms with E-state index < -0.39 is 5.91 Å². The Labute approximate surface area is 205 Å². The number of amides is 2. The topological polar surface area (TPSA) is 92.6 Å². The van der Waals surface area contributed by atoms with Gasteiger partial charge in [-0.25, -0.2) is 4.98 Å². The van der Waals surface area contributed by atoms with Crippen molar-refractivity contribution in [1.29, 1.82) is 0 Å². The van der Waals surface area contributed by atoms with Gasteiger partial charge < -0.3 is 10.6 Å². The molecular weight excluding hydrogens is 475 g/mol. The Hall–Kier alpha value is -3.68. The number of pyridine rings is 1. The number of nitrogens with one attached hydrogen (secondary N) is 2. The van der Waals surface area contributed by atoms with Crippen molar-refractivity contribution in [3.8, 4) is 11.3 Å². The second kappa shape index (κ2) is 10.1. The highest BCUT2D eigenvalue weighted by Gasteiger charge is 2.21. The van der Waals surface area contributed by atoms with E-state index in [0.29, 0.717) is 32.6 Å². The maximum Gasteiger partial charge on any atom is 0.270 e. The van der Waals surface area contributed by atoms with Crippen molar-refractivity contribution in [2.24, 2.45) is 0 Å². The number of hydrogen-bond donors (Lipinski definition) is 2. The number of fused-ring (bicyclic) bond motifs is 1. The van der Waals surface area contributed by atoms with Crippen LogP contribution in [-0.2, 0) is 11.2 Å². The van der Waals surface area contributed by atoms with E-state index in [-0.39, 0.29) is 30.2 Å². The summed E-state index contributed by atoms with van der Waals surface area (Å²) in [5, 5.41) is 6.08. The lowest BCUT2D eigenvalue weighted by Crippen LogP contribution is -2.31. The van der Waals surface area contributed by atoms with Crippen molar-refractivity contribution in [1.82, 2.24) is 20.0 Å². The zero-order chi connectivity index (χ0) is 24.2. The molecule has 0 spiro atoms. The third-order valence-corrected chi connectivity index (χ3v) is 5.79. The molecule has 2 aromatic heterocycles. The van der Waals surface area contributed by atoms with Crippen molar-refractivity contribution in [2.75, 3.05) is 13.6 Å². The van der Waals surface area contributed by atoms with Crippen LogP contribution in [0.2, 0.25) is 10.0 Å². The van der Waals surface area contributed by atoms with E-state index >= 15 is 0 Å². The largest absolute Gasteiger partial charge is 0.355 e. The molecule has 7 nitrogen and oxygen atoms in total. The van der Waals surface area contributed by atoms with E-state index in [0.717, 1.165) is 5.56 Å². The van der Waals surface area contributed by atoms with Gasteiger partial charge in [0.2, 0.25) is 0 Å². The van der Waals surface area contributed by atoms with E-state index in [9.17, 15) is 14.4 Å². The summed E-state index contributed by atoms with van der Waals surface area (Å²) in [6, 6.07) is 17.3. The SMILES string of the molecule is CNC(=O)c1cc(CC(=O)CNC(=O)c2c(-c3ccc(Cl)cc3)nc3ccccn23)ccc1Cl. The molecule has 2 N–H and O–H groups in total. The molecule has 2 aromatic carbocycles. The van der Waals surface area contributed by atoms with Crippen molar-refractivity contribution >= 4 is 46.4 Å². The van der Waals surface area contributed by atoms with Crippen molar-refractivity contribution < 1.29 is 14.4 Å². The lowest BCUT2D eigenvalue weighted by Gasteiger charge is -2.09. The Kier molecular flexibility index (Phi) is 6.95. The van der Waals surface area contributed by atoms with Crippen molar-refractivity contribution in [2.45, 2.75) is 6.42 Å². The Balaban J connectivity index is 1.53. The lowest BCUT2D eigenvalue weighted by molar-refractivity contribution is -0.117. The average Bonchev–Trinajstić information content (AvgIpc) is 3.23. The van der Waals surface area contributed by atoms with Crippen LogP contribution in [0.25, 0.3) is 16.9 Å². The predicted molar refractivity (Wildman–Crippen MR) is 132 cm³/mol. The molecule has 4 rings (SSSR count). The molecule has 0 saturated carbocycles. The lowest BCUT2D eigenvalue weighted by atomic mass is 10.0. The molecule has 0 saturated heterocycles. The molecule has 9 heteroatoms. The summed E-state index contributed by atoms with van der Waals surface area (Å²) < 4.78 is 1.68. The fraction of sp³-hybridized carbons (Fsp3) is 0.120. The molecule has 0 radical (unpaired) electrons. The van der Waals surface area contributed by atoms with Crippen LogP contribution < -0.4 is 10.6 Å². The number of halogens is 2. The number of rotatable bonds is 7. The standard InChI is InChI=1S/C25H20Cl2N4O3/c1-28-24(33)19-13-15(5-10-20(19)27)12-18(32)14-29-25(34)23-22(16-6-8-17(26)9-7-16)30-21-4-2-3-11-31(21)23/h2-11,13H,12,14H2,1H3,(H,28,33)(H,29,34). The maximum absolute atomic E-state index is 13.1. The van der Waals surface area contributed by atoms with Gasteiger partial charge >= 0.3 is 0 Å². The molecule has 0 aliphatic heterocycles. The number of benzene rings is 2. The van der Waals surface area contributed by atoms with Crippen LogP contribution in [0.15, 0.2) is 66.9 Å². The number of imidazole rings is 1. The predicted octanol–water partition coefficient (Wildman–Crippen LogP) is 4.21. The van der Waals surface area contributed by atoms with Gasteiger partial charge in [-0.1, -0.05) is 47.5 Å². The molecule has 0 aliphatic carbocycles. The number of hydrogen-bond acceptors (Lipinski definition) is 4. The number of Topliss-reactive ketones (excluding diaryl/α,β-unsaturated/α-hetero) is 1. The molecular formula is C25H20Cl2N4O3. The average molecular weight is 495 g/mol. The third-order valence-electron chi connectivity index (χ3n) is 5.21. The zero-order valence-corrected chi connectivity index (χ0v) is 19.7. The summed E-state index contributed by atoms with van der Waals surface area (Å²) in [7, 11) is 1.50. The van der Waals surface area contributed by atoms with E-state index in [1.54, 1.807) is 65.2 Å². The normalized spacial score (nSPS) is 10.8. The molecule has 4 aromatic rings. The smallest absolute Gasteiger partial charge is 0.270 e. The molecule has 0 unspecified atom stereocenters. The van der Waals surface area contributed by atoms with E-state index in [1.807, 2.05) is 6.07 Å². The van der Waals surface area contributed by atoms with E-state index in [1.165, 1.54) is 7.05 Å². The summed E-state index contributed by atoms with van der Waals surface area (Å²) >= 11 is 12.1. The minimum absolute atomic E-state index is 0.0403. The number of aromatic nitrogens is 2. The highest BCUT2D eigenvalue weighted by molar-refractivity contribution is 6.33. The van der Waals surface area contributed by atoms with Gasteiger partial charge in [0.1, 0.15) is 17.0 Å². The Morgan fingerprint density at radius 2 is 1.74 bits per heavy atom. The van der Waals surface area contributed by atoms with Crippen molar-refractivity contribution in [3.63, 3.8) is 0 Å². The fourth-order valence-electron chi connectivity index (χ4n) is 3.57. The molecule has 2 heterocycles. The second-order valence-corrected chi connectivity index (χ2v) is 8.38. The molecule has 2 amide bonds. The Morgan fingerprint density at radius 3 is 2.47 bits per heavy atom. The summed E-state index contributed by atoms with van der Waals surface area (Å²) in [5.41, 5.74) is 3.05. The van der Waals surface area contributed by atoms with Crippen LogP contribution in [0, 0.1) is 0 Å². The van der Waals surface area contributed by atoms with Gasteiger partial charge in [-0.3, -0.25) is 18.8 Å². The summed E-state index contributed by atoms with van der Waals surface area (Å²) in [6.45, 7) is -0.184. The van der Waals surface area contributed by atoms with Gasteiger partial charge in [0.25, 0.3) is 11.8 Å². The summed E-state index contributed by atoms with van der Waals surface area (Å²) in [4.78, 5) is 42.3. The van der Waals surface area contributed by atoms with Gasteiger partial charge in [-0.05, 0) is 42.0 Å². The van der Waals surface area contributed by atoms with Crippen molar-refractivity contribution in [3.05, 3.63) is 93.7 Å². The maximum atomic E-state index is 13.1. The summed E-state index contributed by atoms with van der Waals surface area (Å²) in [6.07, 6.45) is 1.78. The fourth-order valence-corrected chi connectivity index (χ4v) is 3.90. The minimum Gasteiger partial charge on any atom is -0.355 e. The summed E-state index contributed by atoms with van der Waals surface area (Å²) in [5.74, 6) is -0.991. The minimum atomic E-state index is -0.431. The second-order valence-electron chi connectivity index (χ2n) is 7.54. The molecule has 0 bridgehead atoms.